The lowest BCUT2D eigenvalue weighted by atomic mass is 9.97. The van der Waals surface area contributed by atoms with Crippen molar-refractivity contribution in [1.29, 1.82) is 0 Å². The van der Waals surface area contributed by atoms with Gasteiger partial charge in [-0.15, -0.1) is 0 Å². The Bertz CT molecular complexity index is 470. The van der Waals surface area contributed by atoms with Gasteiger partial charge >= 0.3 is 11.9 Å². The standard InChI is InChI=1S/C27H48O4/c1-3-5-6-7-8-9-10-11-12-13-14-15-16-17-18-19-20-21-22-25(27(29)30)24-26(28)31-23-4-2/h4,9-10,25H,2-3,5-8,11-24H2,1H3,(H,29,30)/b10-9+. The molecule has 0 aromatic rings. The highest BCUT2D eigenvalue weighted by atomic mass is 16.5. The number of hydrogen-bond donors (Lipinski definition) is 1. The van der Waals surface area contributed by atoms with Crippen LogP contribution in [0.25, 0.3) is 0 Å². The van der Waals surface area contributed by atoms with Crippen LogP contribution in [0.3, 0.4) is 0 Å². The first-order valence-corrected chi connectivity index (χ1v) is 12.8. The molecule has 0 heterocycles. The van der Waals surface area contributed by atoms with E-state index in [2.05, 4.69) is 25.7 Å². The summed E-state index contributed by atoms with van der Waals surface area (Å²) in [7, 11) is 0. The highest BCUT2D eigenvalue weighted by molar-refractivity contribution is 5.78. The van der Waals surface area contributed by atoms with Gasteiger partial charge in [0.05, 0.1) is 12.3 Å². The van der Waals surface area contributed by atoms with Crippen LogP contribution in [0.4, 0.5) is 0 Å². The molecule has 0 rings (SSSR count). The van der Waals surface area contributed by atoms with Gasteiger partial charge in [-0.1, -0.05) is 109 Å². The molecule has 31 heavy (non-hydrogen) atoms. The van der Waals surface area contributed by atoms with Gasteiger partial charge in [0.15, 0.2) is 0 Å². The van der Waals surface area contributed by atoms with Crippen LogP contribution in [0.2, 0.25) is 0 Å². The minimum atomic E-state index is -0.905. The smallest absolute Gasteiger partial charge is 0.307 e. The maximum Gasteiger partial charge on any atom is 0.307 e. The van der Waals surface area contributed by atoms with Gasteiger partial charge in [0.25, 0.3) is 0 Å². The molecule has 4 heteroatoms. The second kappa shape index (κ2) is 23.1. The minimum absolute atomic E-state index is 0.0437. The molecule has 0 aliphatic rings. The number of allylic oxidation sites excluding steroid dienone is 2. The molecule has 0 spiro atoms. The molecule has 0 saturated carbocycles. The predicted molar refractivity (Wildman–Crippen MR) is 130 cm³/mol. The zero-order chi connectivity index (χ0) is 23.0. The zero-order valence-corrected chi connectivity index (χ0v) is 20.1. The molecule has 0 amide bonds. The van der Waals surface area contributed by atoms with Gasteiger partial charge in [-0.2, -0.15) is 0 Å². The van der Waals surface area contributed by atoms with E-state index in [9.17, 15) is 14.7 Å². The summed E-state index contributed by atoms with van der Waals surface area (Å²) in [6, 6.07) is 0. The molecule has 4 nitrogen and oxygen atoms in total. The van der Waals surface area contributed by atoms with E-state index in [-0.39, 0.29) is 13.0 Å². The third-order valence-corrected chi connectivity index (χ3v) is 5.69. The van der Waals surface area contributed by atoms with Gasteiger partial charge in [-0.25, -0.2) is 0 Å². The van der Waals surface area contributed by atoms with E-state index in [0.29, 0.717) is 6.42 Å². The van der Waals surface area contributed by atoms with Crippen molar-refractivity contribution in [2.75, 3.05) is 6.61 Å². The van der Waals surface area contributed by atoms with Crippen LogP contribution in [0, 0.1) is 5.92 Å². The number of carboxylic acids is 1. The Balaban J connectivity index is 3.44. The summed E-state index contributed by atoms with van der Waals surface area (Å²) >= 11 is 0. The number of carbonyl (C=O) groups is 2. The normalized spacial score (nSPS) is 12.2. The minimum Gasteiger partial charge on any atom is -0.481 e. The monoisotopic (exact) mass is 436 g/mol. The Hall–Kier alpha value is -1.58. The summed E-state index contributed by atoms with van der Waals surface area (Å²) in [4.78, 5) is 22.9. The molecular formula is C27H48O4. The van der Waals surface area contributed by atoms with Crippen LogP contribution in [0.1, 0.15) is 122 Å². The van der Waals surface area contributed by atoms with Gasteiger partial charge in [0, 0.05) is 0 Å². The van der Waals surface area contributed by atoms with E-state index < -0.39 is 17.9 Å². The first-order chi connectivity index (χ1) is 15.1. The third kappa shape index (κ3) is 21.4. The predicted octanol–water partition coefficient (Wildman–Crippen LogP) is 8.01. The fraction of sp³-hybridized carbons (Fsp3) is 0.778. The van der Waals surface area contributed by atoms with Crippen molar-refractivity contribution >= 4 is 11.9 Å². The lowest BCUT2D eigenvalue weighted by Gasteiger charge is -2.11. The van der Waals surface area contributed by atoms with E-state index >= 15 is 0 Å². The molecule has 0 radical (unpaired) electrons. The molecular weight excluding hydrogens is 388 g/mol. The number of esters is 1. The zero-order valence-electron chi connectivity index (χ0n) is 20.1. The maximum atomic E-state index is 11.6. The number of rotatable bonds is 23. The van der Waals surface area contributed by atoms with Crippen LogP contribution in [0.15, 0.2) is 24.8 Å². The Morgan fingerprint density at radius 3 is 1.77 bits per heavy atom. The highest BCUT2D eigenvalue weighted by Crippen LogP contribution is 2.17. The van der Waals surface area contributed by atoms with Crippen molar-refractivity contribution in [3.8, 4) is 0 Å². The van der Waals surface area contributed by atoms with Crippen molar-refractivity contribution in [3.63, 3.8) is 0 Å². The molecule has 0 fully saturated rings. The van der Waals surface area contributed by atoms with Crippen molar-refractivity contribution in [2.24, 2.45) is 5.92 Å². The summed E-state index contributed by atoms with van der Waals surface area (Å²) < 4.78 is 4.89. The van der Waals surface area contributed by atoms with Crippen LogP contribution in [-0.4, -0.2) is 23.7 Å². The number of carboxylic acid groups (broad SMARTS) is 1. The summed E-state index contributed by atoms with van der Waals surface area (Å²) in [6.45, 7) is 5.88. The van der Waals surface area contributed by atoms with Gasteiger partial charge in [0.2, 0.25) is 0 Å². The summed E-state index contributed by atoms with van der Waals surface area (Å²) in [5.41, 5.74) is 0. The molecule has 0 bridgehead atoms. The molecule has 1 N–H and O–H groups in total. The van der Waals surface area contributed by atoms with Crippen molar-refractivity contribution < 1.29 is 19.4 Å². The van der Waals surface area contributed by atoms with Gasteiger partial charge in [0.1, 0.15) is 6.61 Å². The Morgan fingerprint density at radius 1 is 0.806 bits per heavy atom. The number of hydrogen-bond acceptors (Lipinski definition) is 3. The van der Waals surface area contributed by atoms with Crippen molar-refractivity contribution in [2.45, 2.75) is 122 Å². The largest absolute Gasteiger partial charge is 0.481 e. The number of carbonyl (C=O) groups excluding carboxylic acids is 1. The van der Waals surface area contributed by atoms with Gasteiger partial charge in [-0.05, 0) is 32.1 Å². The first kappa shape index (κ1) is 29.4. The average molecular weight is 437 g/mol. The lowest BCUT2D eigenvalue weighted by Crippen LogP contribution is -2.19. The number of unbranched alkanes of at least 4 members (excludes halogenated alkanes) is 14. The average Bonchev–Trinajstić information content (AvgIpc) is 2.75. The molecule has 0 aliphatic carbocycles. The molecule has 1 unspecified atom stereocenters. The van der Waals surface area contributed by atoms with Crippen LogP contribution < -0.4 is 0 Å². The number of ether oxygens (including phenoxy) is 1. The second-order valence-corrected chi connectivity index (χ2v) is 8.64. The molecule has 0 aliphatic heterocycles. The first-order valence-electron chi connectivity index (χ1n) is 12.8. The fourth-order valence-corrected chi connectivity index (χ4v) is 3.72. The molecule has 0 saturated heterocycles. The molecule has 0 aromatic carbocycles. The Labute approximate surface area is 191 Å². The van der Waals surface area contributed by atoms with Crippen molar-refractivity contribution in [3.05, 3.63) is 24.8 Å². The van der Waals surface area contributed by atoms with E-state index in [1.54, 1.807) is 0 Å². The SMILES string of the molecule is C=CCOC(=O)CC(CCCCCCCCCCCC/C=C/CCCCCC)C(=O)O. The van der Waals surface area contributed by atoms with E-state index in [1.807, 2.05) is 0 Å². The topological polar surface area (TPSA) is 63.6 Å². The summed E-state index contributed by atoms with van der Waals surface area (Å²) in [5, 5.41) is 9.26. The number of aliphatic carboxylic acids is 1. The van der Waals surface area contributed by atoms with E-state index in [0.717, 1.165) is 19.3 Å². The molecule has 1 atom stereocenters. The lowest BCUT2D eigenvalue weighted by molar-refractivity contribution is -0.151. The molecule has 0 aromatic heterocycles. The highest BCUT2D eigenvalue weighted by Gasteiger charge is 2.21. The van der Waals surface area contributed by atoms with Gasteiger partial charge < -0.3 is 9.84 Å². The van der Waals surface area contributed by atoms with E-state index in [1.165, 1.54) is 89.5 Å². The summed E-state index contributed by atoms with van der Waals surface area (Å²) in [5.74, 6) is -1.99. The Kier molecular flexibility index (Phi) is 21.9. The summed E-state index contributed by atoms with van der Waals surface area (Å²) in [6.07, 6.45) is 26.8. The fourth-order valence-electron chi connectivity index (χ4n) is 3.72. The Morgan fingerprint density at radius 2 is 1.29 bits per heavy atom. The quantitative estimate of drug-likeness (QED) is 0.100. The third-order valence-electron chi connectivity index (χ3n) is 5.69. The van der Waals surface area contributed by atoms with Crippen LogP contribution >= 0.6 is 0 Å². The second-order valence-electron chi connectivity index (χ2n) is 8.64. The van der Waals surface area contributed by atoms with Crippen LogP contribution in [0.5, 0.6) is 0 Å². The molecule has 180 valence electrons. The van der Waals surface area contributed by atoms with Gasteiger partial charge in [-0.3, -0.25) is 9.59 Å². The van der Waals surface area contributed by atoms with Crippen LogP contribution in [-0.2, 0) is 14.3 Å². The van der Waals surface area contributed by atoms with Crippen molar-refractivity contribution in [1.82, 2.24) is 0 Å². The van der Waals surface area contributed by atoms with E-state index in [4.69, 9.17) is 4.74 Å². The maximum absolute atomic E-state index is 11.6.